The molecule has 0 aromatic heterocycles. The number of anilines is 1. The first-order chi connectivity index (χ1) is 8.90. The number of halogens is 2. The largest absolute Gasteiger partial charge is 0.375 e. The van der Waals surface area contributed by atoms with Gasteiger partial charge in [0.05, 0.1) is 22.2 Å². The maximum atomic E-state index is 11.7. The standard InChI is InChI=1S/C11H12Cl2N4OS/c1-6(16-17-11(14)19)5-9(18)15-8-4-2-3-7(12)10(8)13/h2-4H,5H2,1H3,(H,15,18)(H3,14,17,19). The fourth-order valence-corrected chi connectivity index (χ4v) is 1.61. The van der Waals surface area contributed by atoms with Crippen molar-refractivity contribution in [2.75, 3.05) is 5.32 Å². The first-order valence-corrected chi connectivity index (χ1v) is 6.39. The van der Waals surface area contributed by atoms with Gasteiger partial charge in [-0.25, -0.2) is 0 Å². The normalized spacial score (nSPS) is 11.0. The highest BCUT2D eigenvalue weighted by Gasteiger charge is 2.09. The molecule has 0 saturated heterocycles. The number of hydrogen-bond acceptors (Lipinski definition) is 3. The van der Waals surface area contributed by atoms with Crippen LogP contribution in [0.25, 0.3) is 0 Å². The number of carbonyl (C=O) groups excluding carboxylic acids is 1. The van der Waals surface area contributed by atoms with Crippen LogP contribution >= 0.6 is 35.4 Å². The molecule has 5 nitrogen and oxygen atoms in total. The Morgan fingerprint density at radius 1 is 1.47 bits per heavy atom. The van der Waals surface area contributed by atoms with Gasteiger partial charge in [-0.15, -0.1) is 0 Å². The third kappa shape index (κ3) is 5.42. The monoisotopic (exact) mass is 318 g/mol. The number of thiocarbonyl (C=S) groups is 1. The van der Waals surface area contributed by atoms with Crippen LogP contribution in [-0.4, -0.2) is 16.7 Å². The molecule has 0 atom stereocenters. The number of carbonyl (C=O) groups is 1. The average Bonchev–Trinajstić information content (AvgIpc) is 2.32. The van der Waals surface area contributed by atoms with E-state index in [1.54, 1.807) is 25.1 Å². The van der Waals surface area contributed by atoms with E-state index in [9.17, 15) is 4.79 Å². The molecule has 1 amide bonds. The van der Waals surface area contributed by atoms with E-state index in [1.165, 1.54) is 0 Å². The van der Waals surface area contributed by atoms with E-state index in [0.29, 0.717) is 21.4 Å². The van der Waals surface area contributed by atoms with Crippen molar-refractivity contribution in [1.82, 2.24) is 5.43 Å². The zero-order valence-electron chi connectivity index (χ0n) is 10.0. The molecule has 8 heteroatoms. The Hall–Kier alpha value is -1.37. The molecule has 0 saturated carbocycles. The van der Waals surface area contributed by atoms with Crippen molar-refractivity contribution in [1.29, 1.82) is 0 Å². The van der Waals surface area contributed by atoms with Crippen LogP contribution in [0, 0.1) is 0 Å². The predicted molar refractivity (Wildman–Crippen MR) is 82.7 cm³/mol. The van der Waals surface area contributed by atoms with E-state index < -0.39 is 0 Å². The summed E-state index contributed by atoms with van der Waals surface area (Å²) in [6, 6.07) is 4.99. The number of amides is 1. The second kappa shape index (κ2) is 7.28. The topological polar surface area (TPSA) is 79.5 Å². The van der Waals surface area contributed by atoms with Crippen LogP contribution in [0.5, 0.6) is 0 Å². The van der Waals surface area contributed by atoms with Gasteiger partial charge in [0.25, 0.3) is 0 Å². The highest BCUT2D eigenvalue weighted by molar-refractivity contribution is 7.80. The minimum atomic E-state index is -0.268. The van der Waals surface area contributed by atoms with E-state index in [4.69, 9.17) is 28.9 Å². The molecule has 0 unspecified atom stereocenters. The van der Waals surface area contributed by atoms with Crippen LogP contribution in [-0.2, 0) is 4.79 Å². The van der Waals surface area contributed by atoms with Crippen LogP contribution in [0.2, 0.25) is 10.0 Å². The summed E-state index contributed by atoms with van der Waals surface area (Å²) in [5.74, 6) is -0.268. The van der Waals surface area contributed by atoms with E-state index in [0.717, 1.165) is 0 Å². The van der Waals surface area contributed by atoms with Gasteiger partial charge in [-0.1, -0.05) is 29.3 Å². The van der Waals surface area contributed by atoms with Crippen LogP contribution in [0.3, 0.4) is 0 Å². The molecular formula is C11H12Cl2N4OS. The summed E-state index contributed by atoms with van der Waals surface area (Å²) < 4.78 is 0. The van der Waals surface area contributed by atoms with Gasteiger partial charge in [-0.2, -0.15) is 5.10 Å². The lowest BCUT2D eigenvalue weighted by atomic mass is 10.2. The van der Waals surface area contributed by atoms with E-state index in [-0.39, 0.29) is 17.4 Å². The fourth-order valence-electron chi connectivity index (χ4n) is 1.22. The minimum Gasteiger partial charge on any atom is -0.375 e. The van der Waals surface area contributed by atoms with Crippen molar-refractivity contribution in [2.45, 2.75) is 13.3 Å². The number of hydrogen-bond donors (Lipinski definition) is 3. The van der Waals surface area contributed by atoms with Crippen LogP contribution in [0.15, 0.2) is 23.3 Å². The lowest BCUT2D eigenvalue weighted by Gasteiger charge is -2.08. The van der Waals surface area contributed by atoms with Crippen molar-refractivity contribution >= 4 is 57.8 Å². The summed E-state index contributed by atoms with van der Waals surface area (Å²) in [6.45, 7) is 1.67. The summed E-state index contributed by atoms with van der Waals surface area (Å²) in [5, 5.41) is 7.18. The van der Waals surface area contributed by atoms with Crippen molar-refractivity contribution in [3.05, 3.63) is 28.2 Å². The second-order valence-electron chi connectivity index (χ2n) is 3.65. The first-order valence-electron chi connectivity index (χ1n) is 5.22. The molecule has 0 aliphatic heterocycles. The summed E-state index contributed by atoms with van der Waals surface area (Å²) in [6.07, 6.45) is 0.0818. The number of nitrogens with two attached hydrogens (primary N) is 1. The Bertz CT molecular complexity index is 533. The third-order valence-corrected chi connectivity index (χ3v) is 2.91. The molecule has 1 aromatic rings. The Balaban J connectivity index is 2.63. The van der Waals surface area contributed by atoms with Crippen molar-refractivity contribution in [3.63, 3.8) is 0 Å². The summed E-state index contributed by atoms with van der Waals surface area (Å²) in [7, 11) is 0. The minimum absolute atomic E-state index is 0.0395. The molecule has 0 heterocycles. The molecule has 0 aliphatic carbocycles. The van der Waals surface area contributed by atoms with E-state index >= 15 is 0 Å². The van der Waals surface area contributed by atoms with E-state index in [2.05, 4.69) is 28.1 Å². The van der Waals surface area contributed by atoms with Gasteiger partial charge in [0.2, 0.25) is 5.91 Å². The molecule has 0 spiro atoms. The Morgan fingerprint density at radius 3 is 2.79 bits per heavy atom. The van der Waals surface area contributed by atoms with Gasteiger partial charge in [0.15, 0.2) is 5.11 Å². The maximum absolute atomic E-state index is 11.7. The quantitative estimate of drug-likeness (QED) is 0.453. The molecule has 4 N–H and O–H groups in total. The number of rotatable bonds is 4. The summed E-state index contributed by atoms with van der Waals surface area (Å²) in [5.41, 5.74) is 8.60. The first kappa shape index (κ1) is 15.7. The average molecular weight is 319 g/mol. The van der Waals surface area contributed by atoms with Crippen LogP contribution in [0.4, 0.5) is 5.69 Å². The van der Waals surface area contributed by atoms with Crippen molar-refractivity contribution < 1.29 is 4.79 Å². The molecular weight excluding hydrogens is 307 g/mol. The Morgan fingerprint density at radius 2 is 2.16 bits per heavy atom. The third-order valence-electron chi connectivity index (χ3n) is 2.00. The predicted octanol–water partition coefficient (Wildman–Crippen LogP) is 2.53. The van der Waals surface area contributed by atoms with Crippen molar-refractivity contribution in [3.8, 4) is 0 Å². The van der Waals surface area contributed by atoms with Crippen LogP contribution in [0.1, 0.15) is 13.3 Å². The van der Waals surface area contributed by atoms with Crippen LogP contribution < -0.4 is 16.5 Å². The highest BCUT2D eigenvalue weighted by atomic mass is 35.5. The SMILES string of the molecule is CC(CC(=O)Nc1cccc(Cl)c1Cl)=NNC(N)=S. The molecule has 19 heavy (non-hydrogen) atoms. The number of nitrogens with zero attached hydrogens (tertiary/aromatic N) is 1. The zero-order valence-corrected chi connectivity index (χ0v) is 12.4. The fraction of sp³-hybridized carbons (Fsp3) is 0.182. The highest BCUT2D eigenvalue weighted by Crippen LogP contribution is 2.29. The van der Waals surface area contributed by atoms with Gasteiger partial charge in [-0.3, -0.25) is 10.2 Å². The molecule has 0 radical (unpaired) electrons. The second-order valence-corrected chi connectivity index (χ2v) is 4.87. The molecule has 0 bridgehead atoms. The van der Waals surface area contributed by atoms with E-state index in [1.807, 2.05) is 0 Å². The Labute approximate surface area is 126 Å². The van der Waals surface area contributed by atoms with Gasteiger partial charge in [-0.05, 0) is 31.3 Å². The maximum Gasteiger partial charge on any atom is 0.230 e. The molecule has 102 valence electrons. The lowest BCUT2D eigenvalue weighted by Crippen LogP contribution is -2.26. The molecule has 1 rings (SSSR count). The van der Waals surface area contributed by atoms with Gasteiger partial charge >= 0.3 is 0 Å². The van der Waals surface area contributed by atoms with Gasteiger partial charge in [0, 0.05) is 5.71 Å². The van der Waals surface area contributed by atoms with Crippen molar-refractivity contribution in [2.24, 2.45) is 10.8 Å². The lowest BCUT2D eigenvalue weighted by molar-refractivity contribution is -0.115. The number of hydrazone groups is 1. The zero-order chi connectivity index (χ0) is 14.4. The summed E-state index contributed by atoms with van der Waals surface area (Å²) in [4.78, 5) is 11.7. The molecule has 0 fully saturated rings. The molecule has 1 aromatic carbocycles. The molecule has 0 aliphatic rings. The Kier molecular flexibility index (Phi) is 6.01. The van der Waals surface area contributed by atoms with Gasteiger partial charge in [0.1, 0.15) is 0 Å². The smallest absolute Gasteiger partial charge is 0.230 e. The van der Waals surface area contributed by atoms with Gasteiger partial charge < -0.3 is 11.1 Å². The number of benzene rings is 1. The summed E-state index contributed by atoms with van der Waals surface area (Å²) >= 11 is 16.4. The number of nitrogens with one attached hydrogen (secondary N) is 2.